The predicted octanol–water partition coefficient (Wildman–Crippen LogP) is 0.804. The maximum Gasteiger partial charge on any atom is 0.101 e. The van der Waals surface area contributed by atoms with Gasteiger partial charge in [0.15, 0.2) is 0 Å². The quantitative estimate of drug-likeness (QED) is 0.805. The van der Waals surface area contributed by atoms with Gasteiger partial charge in [-0.2, -0.15) is 0 Å². The van der Waals surface area contributed by atoms with Crippen LogP contribution in [0.4, 0.5) is 0 Å². The molecule has 0 aliphatic carbocycles. The topological polar surface area (TPSA) is 46.0 Å². The number of nitrogens with zero attached hydrogens (tertiary/aromatic N) is 4. The van der Waals surface area contributed by atoms with Gasteiger partial charge in [0.1, 0.15) is 5.69 Å². The molecule has 0 fully saturated rings. The molecule has 0 saturated heterocycles. The van der Waals surface area contributed by atoms with E-state index in [9.17, 15) is 0 Å². The Balaban J connectivity index is 2.82. The van der Waals surface area contributed by atoms with E-state index in [1.807, 2.05) is 13.2 Å². The van der Waals surface area contributed by atoms with Gasteiger partial charge in [-0.25, -0.2) is 0 Å². The van der Waals surface area contributed by atoms with E-state index in [-0.39, 0.29) is 6.04 Å². The second-order valence-corrected chi connectivity index (χ2v) is 4.84. The standard InChI is InChI=1S/C11H23N5/c1-8(2)12-9(3)11(15(4)5)10-7-16(6)14-13-10/h7-9,11-12H,1-6H3. The third-order valence-electron chi connectivity index (χ3n) is 2.55. The van der Waals surface area contributed by atoms with E-state index in [0.717, 1.165) is 5.69 Å². The Labute approximate surface area is 97.8 Å². The minimum Gasteiger partial charge on any atom is -0.310 e. The summed E-state index contributed by atoms with van der Waals surface area (Å²) in [5, 5.41) is 11.7. The molecule has 1 N–H and O–H groups in total. The van der Waals surface area contributed by atoms with Crippen molar-refractivity contribution in [3.63, 3.8) is 0 Å². The van der Waals surface area contributed by atoms with E-state index in [0.29, 0.717) is 12.1 Å². The zero-order valence-corrected chi connectivity index (χ0v) is 11.1. The molecule has 1 aromatic heterocycles. The summed E-state index contributed by atoms with van der Waals surface area (Å²) in [4.78, 5) is 2.17. The molecule has 1 aromatic rings. The van der Waals surface area contributed by atoms with Crippen molar-refractivity contribution in [2.24, 2.45) is 7.05 Å². The summed E-state index contributed by atoms with van der Waals surface area (Å²) in [6, 6.07) is 1.05. The Bertz CT molecular complexity index is 318. The molecule has 1 rings (SSSR count). The molecule has 2 unspecified atom stereocenters. The van der Waals surface area contributed by atoms with Crippen LogP contribution in [-0.2, 0) is 7.05 Å². The van der Waals surface area contributed by atoms with Crippen LogP contribution in [0.1, 0.15) is 32.5 Å². The highest BCUT2D eigenvalue weighted by Gasteiger charge is 2.24. The minimum absolute atomic E-state index is 0.246. The summed E-state index contributed by atoms with van der Waals surface area (Å²) in [6.07, 6.45) is 1.98. The van der Waals surface area contributed by atoms with Crippen molar-refractivity contribution in [1.29, 1.82) is 0 Å². The van der Waals surface area contributed by atoms with Crippen LogP contribution in [0.3, 0.4) is 0 Å². The fraction of sp³-hybridized carbons (Fsp3) is 0.818. The first-order valence-corrected chi connectivity index (χ1v) is 5.70. The van der Waals surface area contributed by atoms with Crippen LogP contribution in [-0.4, -0.2) is 46.1 Å². The van der Waals surface area contributed by atoms with Gasteiger partial charge in [-0.3, -0.25) is 9.58 Å². The second kappa shape index (κ2) is 5.41. The van der Waals surface area contributed by atoms with Crippen molar-refractivity contribution >= 4 is 0 Å². The van der Waals surface area contributed by atoms with Crippen LogP contribution in [0.2, 0.25) is 0 Å². The van der Waals surface area contributed by atoms with Gasteiger partial charge < -0.3 is 5.32 Å². The first-order valence-electron chi connectivity index (χ1n) is 5.70. The van der Waals surface area contributed by atoms with E-state index >= 15 is 0 Å². The summed E-state index contributed by atoms with van der Waals surface area (Å²) in [5.74, 6) is 0. The zero-order chi connectivity index (χ0) is 12.3. The number of rotatable bonds is 5. The highest BCUT2D eigenvalue weighted by atomic mass is 15.4. The molecule has 0 spiro atoms. The molecule has 0 saturated carbocycles. The molecule has 0 aliphatic rings. The molecule has 5 nitrogen and oxygen atoms in total. The lowest BCUT2D eigenvalue weighted by molar-refractivity contribution is 0.228. The van der Waals surface area contributed by atoms with Gasteiger partial charge in [-0.1, -0.05) is 19.1 Å². The maximum absolute atomic E-state index is 4.20. The van der Waals surface area contributed by atoms with Gasteiger partial charge in [0.25, 0.3) is 0 Å². The average Bonchev–Trinajstić information content (AvgIpc) is 2.49. The number of likely N-dealkylation sites (N-methyl/N-ethyl adjacent to an activating group) is 1. The van der Waals surface area contributed by atoms with E-state index in [1.54, 1.807) is 4.68 Å². The van der Waals surface area contributed by atoms with Crippen molar-refractivity contribution in [3.05, 3.63) is 11.9 Å². The van der Waals surface area contributed by atoms with Crippen LogP contribution in [0.25, 0.3) is 0 Å². The lowest BCUT2D eigenvalue weighted by Gasteiger charge is -2.30. The SMILES string of the molecule is CC(C)NC(C)C(c1cn(C)nn1)N(C)C. The van der Waals surface area contributed by atoms with Crippen LogP contribution in [0, 0.1) is 0 Å². The van der Waals surface area contributed by atoms with Crippen molar-refractivity contribution in [1.82, 2.24) is 25.2 Å². The number of aromatic nitrogens is 3. The summed E-state index contributed by atoms with van der Waals surface area (Å²) in [6.45, 7) is 6.49. The molecule has 2 atom stereocenters. The normalized spacial score (nSPS) is 15.8. The van der Waals surface area contributed by atoms with Crippen LogP contribution < -0.4 is 5.32 Å². The van der Waals surface area contributed by atoms with Gasteiger partial charge in [0, 0.05) is 25.3 Å². The summed E-state index contributed by atoms with van der Waals surface area (Å²) >= 11 is 0. The summed E-state index contributed by atoms with van der Waals surface area (Å²) in [7, 11) is 6.03. The Kier molecular flexibility index (Phi) is 4.44. The van der Waals surface area contributed by atoms with Crippen molar-refractivity contribution < 1.29 is 0 Å². The monoisotopic (exact) mass is 225 g/mol. The largest absolute Gasteiger partial charge is 0.310 e. The second-order valence-electron chi connectivity index (χ2n) is 4.84. The lowest BCUT2D eigenvalue weighted by atomic mass is 10.1. The van der Waals surface area contributed by atoms with Gasteiger partial charge in [-0.05, 0) is 21.0 Å². The van der Waals surface area contributed by atoms with Crippen molar-refractivity contribution in [3.8, 4) is 0 Å². The third kappa shape index (κ3) is 3.28. The summed E-state index contributed by atoms with van der Waals surface area (Å²) < 4.78 is 1.74. The zero-order valence-electron chi connectivity index (χ0n) is 11.1. The molecule has 16 heavy (non-hydrogen) atoms. The molecule has 92 valence electrons. The first kappa shape index (κ1) is 13.1. The molecular weight excluding hydrogens is 202 g/mol. The van der Waals surface area contributed by atoms with Gasteiger partial charge in [-0.15, -0.1) is 5.10 Å². The predicted molar refractivity (Wildman–Crippen MR) is 65.2 cm³/mol. The minimum atomic E-state index is 0.246. The molecule has 1 heterocycles. The lowest BCUT2D eigenvalue weighted by Crippen LogP contribution is -2.42. The number of hydrogen-bond acceptors (Lipinski definition) is 4. The number of aryl methyl sites for hydroxylation is 1. The highest BCUT2D eigenvalue weighted by molar-refractivity contribution is 5.04. The Hall–Kier alpha value is -0.940. The highest BCUT2D eigenvalue weighted by Crippen LogP contribution is 2.19. The molecule has 0 amide bonds. The van der Waals surface area contributed by atoms with Crippen molar-refractivity contribution in [2.75, 3.05) is 14.1 Å². The molecule has 0 aromatic carbocycles. The molecule has 0 radical (unpaired) electrons. The summed E-state index contributed by atoms with van der Waals surface area (Å²) in [5.41, 5.74) is 1.01. The number of hydrogen-bond donors (Lipinski definition) is 1. The Morgan fingerprint density at radius 1 is 1.31 bits per heavy atom. The molecule has 0 bridgehead atoms. The van der Waals surface area contributed by atoms with Gasteiger partial charge in [0.05, 0.1) is 6.04 Å². The van der Waals surface area contributed by atoms with Gasteiger partial charge in [0.2, 0.25) is 0 Å². The molecule has 0 aliphatic heterocycles. The smallest absolute Gasteiger partial charge is 0.101 e. The van der Waals surface area contributed by atoms with Crippen LogP contribution in [0.5, 0.6) is 0 Å². The van der Waals surface area contributed by atoms with Crippen LogP contribution >= 0.6 is 0 Å². The van der Waals surface area contributed by atoms with Crippen molar-refractivity contribution in [2.45, 2.75) is 38.9 Å². The molecule has 5 heteroatoms. The third-order valence-corrected chi connectivity index (χ3v) is 2.55. The number of nitrogens with one attached hydrogen (secondary N) is 1. The van der Waals surface area contributed by atoms with E-state index in [4.69, 9.17) is 0 Å². The van der Waals surface area contributed by atoms with Crippen LogP contribution in [0.15, 0.2) is 6.20 Å². The Morgan fingerprint density at radius 3 is 2.31 bits per heavy atom. The van der Waals surface area contributed by atoms with Gasteiger partial charge >= 0.3 is 0 Å². The molecular formula is C11H23N5. The fourth-order valence-electron chi connectivity index (χ4n) is 2.09. The fourth-order valence-corrected chi connectivity index (χ4v) is 2.09. The van der Waals surface area contributed by atoms with E-state index < -0.39 is 0 Å². The Morgan fingerprint density at radius 2 is 1.94 bits per heavy atom. The maximum atomic E-state index is 4.20. The van der Waals surface area contributed by atoms with E-state index in [1.165, 1.54) is 0 Å². The van der Waals surface area contributed by atoms with E-state index in [2.05, 4.69) is 55.4 Å². The first-order chi connectivity index (χ1) is 7.41. The average molecular weight is 225 g/mol.